The van der Waals surface area contributed by atoms with Gasteiger partial charge in [0.2, 0.25) is 0 Å². The lowest BCUT2D eigenvalue weighted by molar-refractivity contribution is 0.242. The minimum Gasteiger partial charge on any atom is -0.330 e. The number of aromatic nitrogens is 2. The SMILES string of the molecule is CCc1nn(C)c(CC(CN)C(C)(C)C)c1Cl. The van der Waals surface area contributed by atoms with Crippen molar-refractivity contribution in [2.75, 3.05) is 6.54 Å². The molecule has 1 rings (SSSR count). The van der Waals surface area contributed by atoms with Gasteiger partial charge < -0.3 is 5.73 Å². The van der Waals surface area contributed by atoms with Gasteiger partial charge in [-0.1, -0.05) is 39.3 Å². The molecule has 0 spiro atoms. The highest BCUT2D eigenvalue weighted by Gasteiger charge is 2.26. The molecule has 0 bridgehead atoms. The number of nitrogens with two attached hydrogens (primary N) is 1. The molecule has 17 heavy (non-hydrogen) atoms. The van der Waals surface area contributed by atoms with Gasteiger partial charge in [-0.05, 0) is 30.7 Å². The van der Waals surface area contributed by atoms with E-state index < -0.39 is 0 Å². The average Bonchev–Trinajstić information content (AvgIpc) is 2.49. The van der Waals surface area contributed by atoms with Crippen LogP contribution in [0, 0.1) is 11.3 Å². The quantitative estimate of drug-likeness (QED) is 0.902. The predicted molar refractivity (Wildman–Crippen MR) is 73.3 cm³/mol. The Balaban J connectivity index is 2.98. The number of hydrogen-bond donors (Lipinski definition) is 1. The molecule has 1 aromatic rings. The van der Waals surface area contributed by atoms with E-state index in [9.17, 15) is 0 Å². The van der Waals surface area contributed by atoms with E-state index in [-0.39, 0.29) is 5.41 Å². The molecule has 3 nitrogen and oxygen atoms in total. The van der Waals surface area contributed by atoms with Crippen LogP contribution in [0.25, 0.3) is 0 Å². The maximum absolute atomic E-state index is 6.36. The lowest BCUT2D eigenvalue weighted by atomic mass is 9.78. The van der Waals surface area contributed by atoms with Crippen LogP contribution in [0.15, 0.2) is 0 Å². The zero-order chi connectivity index (χ0) is 13.2. The summed E-state index contributed by atoms with van der Waals surface area (Å²) in [5.74, 6) is 0.417. The Morgan fingerprint density at radius 3 is 2.35 bits per heavy atom. The first-order chi connectivity index (χ1) is 7.81. The molecule has 4 heteroatoms. The molecule has 98 valence electrons. The maximum Gasteiger partial charge on any atom is 0.0849 e. The molecule has 0 amide bonds. The van der Waals surface area contributed by atoms with Gasteiger partial charge in [0.15, 0.2) is 0 Å². The fraction of sp³-hybridized carbons (Fsp3) is 0.769. The van der Waals surface area contributed by atoms with Crippen molar-refractivity contribution >= 4 is 11.6 Å². The van der Waals surface area contributed by atoms with Crippen molar-refractivity contribution in [3.63, 3.8) is 0 Å². The van der Waals surface area contributed by atoms with Crippen LogP contribution in [0.5, 0.6) is 0 Å². The van der Waals surface area contributed by atoms with Gasteiger partial charge >= 0.3 is 0 Å². The van der Waals surface area contributed by atoms with E-state index in [0.717, 1.165) is 29.3 Å². The Morgan fingerprint density at radius 2 is 2.00 bits per heavy atom. The zero-order valence-electron chi connectivity index (χ0n) is 11.5. The number of aryl methyl sites for hydroxylation is 2. The van der Waals surface area contributed by atoms with E-state index in [1.807, 2.05) is 11.7 Å². The van der Waals surface area contributed by atoms with Crippen molar-refractivity contribution in [2.24, 2.45) is 24.1 Å². The first-order valence-corrected chi connectivity index (χ1v) is 6.59. The first-order valence-electron chi connectivity index (χ1n) is 6.21. The van der Waals surface area contributed by atoms with Crippen molar-refractivity contribution in [1.29, 1.82) is 0 Å². The van der Waals surface area contributed by atoms with Crippen LogP contribution in [-0.4, -0.2) is 16.3 Å². The Bertz CT molecular complexity index is 377. The minimum atomic E-state index is 0.189. The summed E-state index contributed by atoms with van der Waals surface area (Å²) in [4.78, 5) is 0. The minimum absolute atomic E-state index is 0.189. The van der Waals surface area contributed by atoms with Crippen LogP contribution in [0.4, 0.5) is 0 Å². The van der Waals surface area contributed by atoms with Gasteiger partial charge in [0.1, 0.15) is 0 Å². The third kappa shape index (κ3) is 3.23. The Labute approximate surface area is 109 Å². The predicted octanol–water partition coefficient (Wildman–Crippen LogP) is 2.80. The molecule has 1 heterocycles. The fourth-order valence-corrected chi connectivity index (χ4v) is 2.39. The van der Waals surface area contributed by atoms with Gasteiger partial charge in [0.25, 0.3) is 0 Å². The van der Waals surface area contributed by atoms with Gasteiger partial charge in [0, 0.05) is 7.05 Å². The van der Waals surface area contributed by atoms with Crippen molar-refractivity contribution in [1.82, 2.24) is 9.78 Å². The van der Waals surface area contributed by atoms with Gasteiger partial charge in [-0.3, -0.25) is 4.68 Å². The number of nitrogens with zero attached hydrogens (tertiary/aromatic N) is 2. The molecular formula is C13H24ClN3. The van der Waals surface area contributed by atoms with E-state index in [4.69, 9.17) is 17.3 Å². The molecule has 0 fully saturated rings. The summed E-state index contributed by atoms with van der Waals surface area (Å²) in [5.41, 5.74) is 8.15. The molecule has 0 saturated heterocycles. The third-order valence-electron chi connectivity index (χ3n) is 3.45. The van der Waals surface area contributed by atoms with E-state index >= 15 is 0 Å². The monoisotopic (exact) mass is 257 g/mol. The van der Waals surface area contributed by atoms with Crippen molar-refractivity contribution < 1.29 is 0 Å². The van der Waals surface area contributed by atoms with Gasteiger partial charge in [0.05, 0.1) is 16.4 Å². The summed E-state index contributed by atoms with van der Waals surface area (Å²) in [6, 6.07) is 0. The summed E-state index contributed by atoms with van der Waals surface area (Å²) in [5, 5.41) is 5.26. The summed E-state index contributed by atoms with van der Waals surface area (Å²) >= 11 is 6.36. The Hall–Kier alpha value is -0.540. The molecular weight excluding hydrogens is 234 g/mol. The van der Waals surface area contributed by atoms with Crippen LogP contribution in [-0.2, 0) is 19.9 Å². The molecule has 0 aromatic carbocycles. The van der Waals surface area contributed by atoms with Crippen LogP contribution in [0.1, 0.15) is 39.1 Å². The van der Waals surface area contributed by atoms with Crippen molar-refractivity contribution in [3.8, 4) is 0 Å². The molecule has 1 atom stereocenters. The largest absolute Gasteiger partial charge is 0.330 e. The molecule has 2 N–H and O–H groups in total. The second kappa shape index (κ2) is 5.40. The van der Waals surface area contributed by atoms with E-state index in [2.05, 4.69) is 32.8 Å². The summed E-state index contributed by atoms with van der Waals surface area (Å²) in [6.45, 7) is 9.40. The zero-order valence-corrected chi connectivity index (χ0v) is 12.3. The highest BCUT2D eigenvalue weighted by atomic mass is 35.5. The summed E-state index contributed by atoms with van der Waals surface area (Å²) in [6.07, 6.45) is 1.76. The van der Waals surface area contributed by atoms with Gasteiger partial charge in [-0.25, -0.2) is 0 Å². The number of halogens is 1. The first kappa shape index (κ1) is 14.5. The number of hydrogen-bond acceptors (Lipinski definition) is 2. The summed E-state index contributed by atoms with van der Waals surface area (Å²) in [7, 11) is 1.95. The Morgan fingerprint density at radius 1 is 1.41 bits per heavy atom. The standard InChI is InChI=1S/C13H24ClN3/c1-6-10-12(14)11(17(5)16-10)7-9(8-15)13(2,3)4/h9H,6-8,15H2,1-5H3. The topological polar surface area (TPSA) is 43.8 Å². The second-order valence-corrected chi connectivity index (χ2v) is 6.07. The second-order valence-electron chi connectivity index (χ2n) is 5.69. The van der Waals surface area contributed by atoms with Crippen molar-refractivity contribution in [3.05, 3.63) is 16.4 Å². The molecule has 1 aromatic heterocycles. The van der Waals surface area contributed by atoms with Crippen LogP contribution < -0.4 is 5.73 Å². The molecule has 0 radical (unpaired) electrons. The molecule has 0 saturated carbocycles. The van der Waals surface area contributed by atoms with E-state index in [1.54, 1.807) is 0 Å². The normalized spacial score (nSPS) is 14.1. The molecule has 0 aliphatic rings. The van der Waals surface area contributed by atoms with E-state index in [0.29, 0.717) is 12.5 Å². The highest BCUT2D eigenvalue weighted by molar-refractivity contribution is 6.31. The lowest BCUT2D eigenvalue weighted by Gasteiger charge is -2.29. The highest BCUT2D eigenvalue weighted by Crippen LogP contribution is 2.31. The summed E-state index contributed by atoms with van der Waals surface area (Å²) < 4.78 is 1.90. The van der Waals surface area contributed by atoms with E-state index in [1.165, 1.54) is 0 Å². The van der Waals surface area contributed by atoms with Crippen molar-refractivity contribution in [2.45, 2.75) is 40.5 Å². The van der Waals surface area contributed by atoms with Crippen LogP contribution in [0.2, 0.25) is 5.02 Å². The third-order valence-corrected chi connectivity index (χ3v) is 3.89. The van der Waals surface area contributed by atoms with Gasteiger partial charge in [-0.15, -0.1) is 0 Å². The smallest absolute Gasteiger partial charge is 0.0849 e. The Kier molecular flexibility index (Phi) is 4.62. The fourth-order valence-electron chi connectivity index (χ4n) is 2.02. The molecule has 1 unspecified atom stereocenters. The molecule has 0 aliphatic carbocycles. The maximum atomic E-state index is 6.36. The van der Waals surface area contributed by atoms with Gasteiger partial charge in [-0.2, -0.15) is 5.10 Å². The van der Waals surface area contributed by atoms with Crippen LogP contribution in [0.3, 0.4) is 0 Å². The number of rotatable bonds is 4. The lowest BCUT2D eigenvalue weighted by Crippen LogP contribution is -2.30. The molecule has 0 aliphatic heterocycles. The average molecular weight is 258 g/mol. The van der Waals surface area contributed by atoms with Crippen LogP contribution >= 0.6 is 11.6 Å².